The number of hydrogen-bond donors (Lipinski definition) is 0. The number of ketones is 1. The number of Topliss-reactive ketones (excluding diaryl/α,β-unsaturated/α-hetero) is 1. The van der Waals surface area contributed by atoms with Gasteiger partial charge < -0.3 is 9.64 Å². The van der Waals surface area contributed by atoms with Crippen molar-refractivity contribution >= 4 is 23.3 Å². The summed E-state index contributed by atoms with van der Waals surface area (Å²) in [4.78, 5) is 25.5. The van der Waals surface area contributed by atoms with Crippen LogP contribution in [-0.4, -0.2) is 23.0 Å². The van der Waals surface area contributed by atoms with Crippen molar-refractivity contribution in [3.63, 3.8) is 0 Å². The first-order valence-electron chi connectivity index (χ1n) is 7.05. The first kappa shape index (κ1) is 16.6. The molecule has 1 amide bonds. The highest BCUT2D eigenvalue weighted by atomic mass is 35.5. The Morgan fingerprint density at radius 3 is 2.42 bits per heavy atom. The number of rotatable bonds is 3. The molecule has 0 unspecified atom stereocenters. The highest BCUT2D eigenvalue weighted by Crippen LogP contribution is 2.36. The minimum atomic E-state index is -4.82. The normalized spacial score (nSPS) is 18.0. The van der Waals surface area contributed by atoms with E-state index in [4.69, 9.17) is 11.6 Å². The Hall–Kier alpha value is -2.28. The third-order valence-electron chi connectivity index (χ3n) is 3.74. The average Bonchev–Trinajstić information content (AvgIpc) is 2.73. The molecule has 1 aromatic rings. The summed E-state index contributed by atoms with van der Waals surface area (Å²) in [6.07, 6.45) is -3.72. The van der Waals surface area contributed by atoms with Gasteiger partial charge >= 0.3 is 6.36 Å². The maximum absolute atomic E-state index is 12.3. The SMILES string of the molecule is O=C1C(=O)N(Cc2ccc(Cl)cc2)C2=C1C=C(OC(F)(F)F)CC2. The van der Waals surface area contributed by atoms with E-state index in [-0.39, 0.29) is 30.7 Å². The molecule has 0 aromatic heterocycles. The Morgan fingerprint density at radius 2 is 1.79 bits per heavy atom. The minimum Gasteiger partial charge on any atom is -0.410 e. The van der Waals surface area contributed by atoms with Gasteiger partial charge in [0.25, 0.3) is 11.7 Å². The Bertz CT molecular complexity index is 766. The molecule has 0 spiro atoms. The average molecular weight is 358 g/mol. The van der Waals surface area contributed by atoms with Crippen LogP contribution >= 0.6 is 11.6 Å². The highest BCUT2D eigenvalue weighted by Gasteiger charge is 2.41. The van der Waals surface area contributed by atoms with Crippen molar-refractivity contribution in [1.29, 1.82) is 0 Å². The fraction of sp³-hybridized carbons (Fsp3) is 0.250. The van der Waals surface area contributed by atoms with Crippen LogP contribution in [0.2, 0.25) is 5.02 Å². The van der Waals surface area contributed by atoms with Crippen LogP contribution in [0.15, 0.2) is 47.4 Å². The van der Waals surface area contributed by atoms with Gasteiger partial charge in [0.05, 0.1) is 12.1 Å². The quantitative estimate of drug-likeness (QED) is 0.775. The molecule has 0 N–H and O–H groups in total. The number of allylic oxidation sites excluding steroid dienone is 3. The molecule has 1 aliphatic carbocycles. The number of amides is 1. The van der Waals surface area contributed by atoms with Gasteiger partial charge in [-0.2, -0.15) is 0 Å². The Kier molecular flexibility index (Phi) is 4.13. The summed E-state index contributed by atoms with van der Waals surface area (Å²) in [7, 11) is 0. The van der Waals surface area contributed by atoms with Gasteiger partial charge in [0.15, 0.2) is 0 Å². The lowest BCUT2D eigenvalue weighted by molar-refractivity contribution is -0.306. The summed E-state index contributed by atoms with van der Waals surface area (Å²) >= 11 is 5.80. The molecule has 126 valence electrons. The zero-order valence-electron chi connectivity index (χ0n) is 12.2. The highest BCUT2D eigenvalue weighted by molar-refractivity contribution is 6.46. The maximum atomic E-state index is 12.3. The molecule has 0 atom stereocenters. The summed E-state index contributed by atoms with van der Waals surface area (Å²) in [5.41, 5.74) is 1.16. The standard InChI is InChI=1S/C16H11ClF3NO3/c17-10-3-1-9(2-4-10)8-21-13-6-5-11(24-16(18,19)20)7-12(13)14(22)15(21)23/h1-4,7H,5-6,8H2. The predicted molar refractivity (Wildman–Crippen MR) is 78.5 cm³/mol. The lowest BCUT2D eigenvalue weighted by Gasteiger charge is -2.23. The van der Waals surface area contributed by atoms with Gasteiger partial charge in [0, 0.05) is 17.1 Å². The number of alkyl halides is 3. The van der Waals surface area contributed by atoms with E-state index in [0.717, 1.165) is 11.6 Å². The van der Waals surface area contributed by atoms with Crippen LogP contribution in [0.5, 0.6) is 0 Å². The molecule has 0 saturated heterocycles. The molecule has 2 aliphatic rings. The molecule has 1 aromatic carbocycles. The van der Waals surface area contributed by atoms with Crippen molar-refractivity contribution in [2.24, 2.45) is 0 Å². The van der Waals surface area contributed by atoms with Gasteiger partial charge in [0.2, 0.25) is 0 Å². The molecular weight excluding hydrogens is 347 g/mol. The third-order valence-corrected chi connectivity index (χ3v) is 3.99. The lowest BCUT2D eigenvalue weighted by Crippen LogP contribution is -2.28. The predicted octanol–water partition coefficient (Wildman–Crippen LogP) is 3.72. The number of benzene rings is 1. The molecule has 0 saturated carbocycles. The van der Waals surface area contributed by atoms with Crippen molar-refractivity contribution in [2.45, 2.75) is 25.7 Å². The van der Waals surface area contributed by atoms with Crippen LogP contribution in [0, 0.1) is 0 Å². The van der Waals surface area contributed by atoms with Crippen LogP contribution in [0.3, 0.4) is 0 Å². The van der Waals surface area contributed by atoms with E-state index in [2.05, 4.69) is 4.74 Å². The smallest absolute Gasteiger partial charge is 0.410 e. The topological polar surface area (TPSA) is 46.6 Å². The van der Waals surface area contributed by atoms with Gasteiger partial charge in [-0.1, -0.05) is 23.7 Å². The summed E-state index contributed by atoms with van der Waals surface area (Å²) in [5.74, 6) is -1.93. The molecule has 0 fully saturated rings. The number of halogens is 4. The number of carbonyl (C=O) groups is 2. The second kappa shape index (κ2) is 5.98. The zero-order chi connectivity index (χ0) is 17.5. The van der Waals surface area contributed by atoms with E-state index < -0.39 is 18.1 Å². The molecule has 4 nitrogen and oxygen atoms in total. The number of ether oxygens (including phenoxy) is 1. The molecule has 0 radical (unpaired) electrons. The minimum absolute atomic E-state index is 0.0283. The summed E-state index contributed by atoms with van der Waals surface area (Å²) in [5, 5.41) is 0.539. The molecule has 1 aliphatic heterocycles. The summed E-state index contributed by atoms with van der Waals surface area (Å²) in [6, 6.07) is 6.75. The molecule has 0 bridgehead atoms. The van der Waals surface area contributed by atoms with Gasteiger partial charge in [-0.05, 0) is 30.2 Å². The third kappa shape index (κ3) is 3.31. The van der Waals surface area contributed by atoms with Crippen LogP contribution in [0.4, 0.5) is 13.2 Å². The van der Waals surface area contributed by atoms with Crippen molar-refractivity contribution in [3.8, 4) is 0 Å². The van der Waals surface area contributed by atoms with E-state index in [0.29, 0.717) is 10.7 Å². The molecular formula is C16H11ClF3NO3. The van der Waals surface area contributed by atoms with Crippen molar-refractivity contribution < 1.29 is 27.5 Å². The molecule has 8 heteroatoms. The van der Waals surface area contributed by atoms with Crippen molar-refractivity contribution in [2.75, 3.05) is 0 Å². The largest absolute Gasteiger partial charge is 0.572 e. The van der Waals surface area contributed by atoms with Gasteiger partial charge in [-0.25, -0.2) is 0 Å². The second-order valence-corrected chi connectivity index (χ2v) is 5.80. The molecule has 3 rings (SSSR count). The van der Waals surface area contributed by atoms with Gasteiger partial charge in [-0.15, -0.1) is 13.2 Å². The Balaban J connectivity index is 1.86. The van der Waals surface area contributed by atoms with E-state index in [1.54, 1.807) is 24.3 Å². The summed E-state index contributed by atoms with van der Waals surface area (Å²) < 4.78 is 40.8. The van der Waals surface area contributed by atoms with Crippen LogP contribution in [0.1, 0.15) is 18.4 Å². The fourth-order valence-corrected chi connectivity index (χ4v) is 2.82. The monoisotopic (exact) mass is 357 g/mol. The van der Waals surface area contributed by atoms with Gasteiger partial charge in [-0.3, -0.25) is 9.59 Å². The van der Waals surface area contributed by atoms with Gasteiger partial charge in [0.1, 0.15) is 5.76 Å². The first-order valence-corrected chi connectivity index (χ1v) is 7.42. The fourth-order valence-electron chi connectivity index (χ4n) is 2.70. The molecule has 1 heterocycles. The maximum Gasteiger partial charge on any atom is 0.572 e. The lowest BCUT2D eigenvalue weighted by atomic mass is 10.0. The van der Waals surface area contributed by atoms with E-state index >= 15 is 0 Å². The van der Waals surface area contributed by atoms with Crippen molar-refractivity contribution in [3.05, 3.63) is 58.0 Å². The first-order chi connectivity index (χ1) is 11.2. The Labute approximate surface area is 140 Å². The van der Waals surface area contributed by atoms with E-state index in [1.165, 1.54) is 4.90 Å². The Morgan fingerprint density at radius 1 is 1.12 bits per heavy atom. The zero-order valence-corrected chi connectivity index (χ0v) is 12.9. The van der Waals surface area contributed by atoms with Crippen LogP contribution in [-0.2, 0) is 20.9 Å². The van der Waals surface area contributed by atoms with E-state index in [1.807, 2.05) is 0 Å². The summed E-state index contributed by atoms with van der Waals surface area (Å²) in [6.45, 7) is 0.157. The van der Waals surface area contributed by atoms with Crippen LogP contribution in [0.25, 0.3) is 0 Å². The second-order valence-electron chi connectivity index (χ2n) is 5.37. The molecule has 24 heavy (non-hydrogen) atoms. The van der Waals surface area contributed by atoms with Crippen molar-refractivity contribution in [1.82, 2.24) is 4.90 Å². The number of carbonyl (C=O) groups excluding carboxylic acids is 2. The number of hydrogen-bond acceptors (Lipinski definition) is 3. The number of nitrogens with zero attached hydrogens (tertiary/aromatic N) is 1. The van der Waals surface area contributed by atoms with Crippen LogP contribution < -0.4 is 0 Å². The van der Waals surface area contributed by atoms with E-state index in [9.17, 15) is 22.8 Å².